The van der Waals surface area contributed by atoms with E-state index in [1.165, 1.54) is 12.1 Å². The summed E-state index contributed by atoms with van der Waals surface area (Å²) in [7, 11) is 6.00. The maximum Gasteiger partial charge on any atom is 0.227 e. The van der Waals surface area contributed by atoms with Crippen LogP contribution in [0.3, 0.4) is 0 Å². The number of benzene rings is 2. The summed E-state index contributed by atoms with van der Waals surface area (Å²) in [5.74, 6) is -1.35. The van der Waals surface area contributed by atoms with Gasteiger partial charge in [0.05, 0.1) is 23.3 Å². The van der Waals surface area contributed by atoms with Crippen molar-refractivity contribution in [1.29, 1.82) is 0 Å². The first-order valence-electron chi connectivity index (χ1n) is 13.4. The van der Waals surface area contributed by atoms with Gasteiger partial charge in [-0.3, -0.25) is 0 Å². The van der Waals surface area contributed by atoms with E-state index in [4.69, 9.17) is 0 Å². The number of nitrogens with one attached hydrogen (secondary N) is 1. The zero-order valence-corrected chi connectivity index (χ0v) is 23.2. The van der Waals surface area contributed by atoms with Gasteiger partial charge in [-0.25, -0.2) is 23.1 Å². The number of hydrogen-bond donors (Lipinski definition) is 1. The standard InChI is InChI=1S/C29H36F3N7/c1-18(2)39-13-12-37(5)28-23(31)14-19(15-26(28)39)27-24(32)17-33-29(35-27)34-20-6-7-25(22(30)16-20)38-10-8-21(9-11-38)36(3)4/h6-7,14-18,21H,8-13H2,1-5H3,(H,33,34,35). The number of fused-ring (bicyclic) bond motifs is 1. The Morgan fingerprint density at radius 2 is 1.67 bits per heavy atom. The third-order valence-corrected chi connectivity index (χ3v) is 7.79. The predicted octanol–water partition coefficient (Wildman–Crippen LogP) is 5.50. The summed E-state index contributed by atoms with van der Waals surface area (Å²) in [5, 5.41) is 2.98. The maximum atomic E-state index is 15.3. The number of halogens is 3. The fourth-order valence-corrected chi connectivity index (χ4v) is 5.57. The Labute approximate surface area is 228 Å². The van der Waals surface area contributed by atoms with Gasteiger partial charge in [-0.15, -0.1) is 0 Å². The van der Waals surface area contributed by atoms with E-state index in [9.17, 15) is 4.39 Å². The Hall–Kier alpha value is -3.53. The van der Waals surface area contributed by atoms with Crippen molar-refractivity contribution in [2.45, 2.75) is 38.8 Å². The van der Waals surface area contributed by atoms with E-state index in [0.29, 0.717) is 40.9 Å². The fraction of sp³-hybridized carbons (Fsp3) is 0.448. The van der Waals surface area contributed by atoms with Gasteiger partial charge in [-0.1, -0.05) is 0 Å². The van der Waals surface area contributed by atoms with E-state index >= 15 is 8.78 Å². The summed E-state index contributed by atoms with van der Waals surface area (Å²) in [6.07, 6.45) is 3.01. The first-order valence-corrected chi connectivity index (χ1v) is 13.4. The SMILES string of the molecule is CC(C)N1CCN(C)c2c(F)cc(-c3nc(Nc4ccc(N5CCC(N(C)C)CC5)c(F)c4)ncc3F)cc21. The van der Waals surface area contributed by atoms with Gasteiger partial charge in [0, 0.05) is 56.6 Å². The lowest BCUT2D eigenvalue weighted by molar-refractivity contribution is 0.249. The lowest BCUT2D eigenvalue weighted by Gasteiger charge is -2.39. The van der Waals surface area contributed by atoms with E-state index in [2.05, 4.69) is 44.1 Å². The molecule has 208 valence electrons. The minimum absolute atomic E-state index is 0.0213. The molecule has 0 saturated carbocycles. The molecule has 0 aliphatic carbocycles. The Balaban J connectivity index is 1.39. The highest BCUT2D eigenvalue weighted by atomic mass is 19.1. The monoisotopic (exact) mass is 539 g/mol. The van der Waals surface area contributed by atoms with Gasteiger partial charge in [-0.05, 0) is 71.1 Å². The van der Waals surface area contributed by atoms with Crippen molar-refractivity contribution >= 4 is 28.7 Å². The molecule has 1 aromatic heterocycles. The van der Waals surface area contributed by atoms with Crippen molar-refractivity contribution in [3.8, 4) is 11.3 Å². The van der Waals surface area contributed by atoms with Crippen molar-refractivity contribution in [3.05, 3.63) is 54.0 Å². The van der Waals surface area contributed by atoms with Crippen molar-refractivity contribution in [2.24, 2.45) is 0 Å². The highest BCUT2D eigenvalue weighted by Crippen LogP contribution is 2.40. The second-order valence-corrected chi connectivity index (χ2v) is 10.9. The van der Waals surface area contributed by atoms with E-state index < -0.39 is 11.6 Å². The van der Waals surface area contributed by atoms with Gasteiger partial charge in [-0.2, -0.15) is 0 Å². The molecule has 0 atom stereocenters. The van der Waals surface area contributed by atoms with Crippen LogP contribution in [-0.2, 0) is 0 Å². The summed E-state index contributed by atoms with van der Waals surface area (Å²) in [4.78, 5) is 16.7. The van der Waals surface area contributed by atoms with Gasteiger partial charge in [0.25, 0.3) is 0 Å². The summed E-state index contributed by atoms with van der Waals surface area (Å²) >= 11 is 0. The number of likely N-dealkylation sites (N-methyl/N-ethyl adjacent to an activating group) is 1. The quantitative estimate of drug-likeness (QED) is 0.444. The van der Waals surface area contributed by atoms with E-state index in [1.807, 2.05) is 25.8 Å². The summed E-state index contributed by atoms with van der Waals surface area (Å²) in [5.41, 5.74) is 2.50. The Kier molecular flexibility index (Phi) is 7.57. The highest BCUT2D eigenvalue weighted by Gasteiger charge is 2.27. The number of nitrogens with zero attached hydrogens (tertiary/aromatic N) is 6. The second-order valence-electron chi connectivity index (χ2n) is 10.9. The van der Waals surface area contributed by atoms with Crippen LogP contribution >= 0.6 is 0 Å². The molecule has 39 heavy (non-hydrogen) atoms. The molecule has 3 aromatic rings. The van der Waals surface area contributed by atoms with Crippen LogP contribution < -0.4 is 20.0 Å². The topological polar surface area (TPSA) is 50.8 Å². The average Bonchev–Trinajstić information content (AvgIpc) is 2.89. The molecule has 2 aliphatic rings. The fourth-order valence-electron chi connectivity index (χ4n) is 5.57. The lowest BCUT2D eigenvalue weighted by atomic mass is 10.0. The number of rotatable bonds is 6. The zero-order valence-electron chi connectivity index (χ0n) is 23.2. The molecule has 0 bridgehead atoms. The van der Waals surface area contributed by atoms with Gasteiger partial charge >= 0.3 is 0 Å². The van der Waals surface area contributed by atoms with Crippen LogP contribution in [0.25, 0.3) is 11.3 Å². The summed E-state index contributed by atoms with van der Waals surface area (Å²) < 4.78 is 45.3. The molecule has 2 aromatic carbocycles. The van der Waals surface area contributed by atoms with E-state index in [-0.39, 0.29) is 23.5 Å². The Morgan fingerprint density at radius 3 is 2.33 bits per heavy atom. The van der Waals surface area contributed by atoms with Crippen molar-refractivity contribution in [1.82, 2.24) is 14.9 Å². The molecular formula is C29H36F3N7. The summed E-state index contributed by atoms with van der Waals surface area (Å²) in [6, 6.07) is 8.64. The van der Waals surface area contributed by atoms with Crippen LogP contribution in [0.4, 0.5) is 41.9 Å². The predicted molar refractivity (Wildman–Crippen MR) is 152 cm³/mol. The van der Waals surface area contributed by atoms with Crippen LogP contribution in [-0.4, -0.2) is 74.3 Å². The number of anilines is 5. The highest BCUT2D eigenvalue weighted by molar-refractivity contribution is 5.80. The number of piperidine rings is 1. The summed E-state index contributed by atoms with van der Waals surface area (Å²) in [6.45, 7) is 7.10. The Morgan fingerprint density at radius 1 is 0.923 bits per heavy atom. The molecule has 0 radical (unpaired) electrons. The van der Waals surface area contributed by atoms with Crippen LogP contribution in [0.2, 0.25) is 0 Å². The largest absolute Gasteiger partial charge is 0.369 e. The number of aromatic nitrogens is 2. The first-order chi connectivity index (χ1) is 18.6. The molecule has 1 fully saturated rings. The van der Waals surface area contributed by atoms with Crippen molar-refractivity contribution in [2.75, 3.05) is 67.3 Å². The van der Waals surface area contributed by atoms with Gasteiger partial charge < -0.3 is 24.9 Å². The van der Waals surface area contributed by atoms with Gasteiger partial charge in [0.15, 0.2) is 5.82 Å². The minimum atomic E-state index is -0.664. The zero-order chi connectivity index (χ0) is 27.8. The maximum absolute atomic E-state index is 15.3. The van der Waals surface area contributed by atoms with E-state index in [1.54, 1.807) is 18.2 Å². The molecular weight excluding hydrogens is 503 g/mol. The van der Waals surface area contributed by atoms with Crippen LogP contribution in [0.1, 0.15) is 26.7 Å². The molecule has 10 heteroatoms. The number of hydrogen-bond acceptors (Lipinski definition) is 7. The molecule has 7 nitrogen and oxygen atoms in total. The minimum Gasteiger partial charge on any atom is -0.369 e. The smallest absolute Gasteiger partial charge is 0.227 e. The van der Waals surface area contributed by atoms with Gasteiger partial charge in [0.1, 0.15) is 17.3 Å². The molecule has 1 saturated heterocycles. The van der Waals surface area contributed by atoms with Crippen LogP contribution in [0, 0.1) is 17.5 Å². The third kappa shape index (κ3) is 5.48. The third-order valence-electron chi connectivity index (χ3n) is 7.79. The Bertz CT molecular complexity index is 1340. The molecule has 1 N–H and O–H groups in total. The average molecular weight is 540 g/mol. The first kappa shape index (κ1) is 27.1. The van der Waals surface area contributed by atoms with Gasteiger partial charge in [0.2, 0.25) is 5.95 Å². The van der Waals surface area contributed by atoms with Crippen LogP contribution in [0.15, 0.2) is 36.5 Å². The van der Waals surface area contributed by atoms with Crippen molar-refractivity contribution < 1.29 is 13.2 Å². The lowest BCUT2D eigenvalue weighted by Crippen LogP contribution is -2.43. The molecule has 0 amide bonds. The van der Waals surface area contributed by atoms with Crippen LogP contribution in [0.5, 0.6) is 0 Å². The second kappa shape index (κ2) is 10.9. The molecule has 2 aliphatic heterocycles. The van der Waals surface area contributed by atoms with E-state index in [0.717, 1.165) is 38.7 Å². The molecule has 0 unspecified atom stereocenters. The normalized spacial score (nSPS) is 16.3. The molecule has 3 heterocycles. The van der Waals surface area contributed by atoms with Crippen molar-refractivity contribution in [3.63, 3.8) is 0 Å². The molecule has 5 rings (SSSR count). The molecule has 0 spiro atoms.